The molecule has 3 saturated heterocycles. The number of likely N-dealkylation sites (N-methyl/N-ethyl adjacent to an activating group) is 3. The number of thioether (sulfide) groups is 1. The van der Waals surface area contributed by atoms with E-state index in [9.17, 15) is 67.7 Å². The number of para-hydroxylation sites is 2. The first kappa shape index (κ1) is 103. The van der Waals surface area contributed by atoms with Gasteiger partial charge in [-0.05, 0) is 98.2 Å². The fraction of sp³-hybridized carbons (Fsp3) is 0.544. The quantitative estimate of drug-likeness (QED) is 0.0340. The highest BCUT2D eigenvalue weighted by Crippen LogP contribution is 2.28. The molecule has 39 nitrogen and oxygen atoms in total. The summed E-state index contributed by atoms with van der Waals surface area (Å²) >= 11 is 0.821. The molecular formula is C90H128N20O19S. The van der Waals surface area contributed by atoms with E-state index >= 15 is 24.0 Å². The van der Waals surface area contributed by atoms with E-state index in [0.717, 1.165) is 26.5 Å². The number of aliphatic hydroxyl groups excluding tert-OH is 1. The number of hydrogen-bond donors (Lipinski definition) is 17. The molecule has 2 aromatic heterocycles. The minimum Gasteiger partial charge on any atom is -0.508 e. The maximum absolute atomic E-state index is 15.6. The third-order valence-electron chi connectivity index (χ3n) is 23.4. The van der Waals surface area contributed by atoms with Crippen molar-refractivity contribution in [3.05, 3.63) is 115 Å². The fourth-order valence-electron chi connectivity index (χ4n) is 16.1. The number of aliphatic hydroxyl groups is 1. The van der Waals surface area contributed by atoms with Crippen LogP contribution < -0.4 is 70.0 Å². The van der Waals surface area contributed by atoms with Gasteiger partial charge in [0.05, 0.1) is 31.4 Å². The Hall–Kier alpha value is -12.5. The normalized spacial score (nSPS) is 24.7. The highest BCUT2D eigenvalue weighted by atomic mass is 32.2. The Morgan fingerprint density at radius 2 is 1.10 bits per heavy atom. The molecule has 3 aliphatic rings. The molecule has 0 radical (unpaired) electrons. The van der Waals surface area contributed by atoms with E-state index in [1.54, 1.807) is 76.5 Å². The maximum Gasteiger partial charge on any atom is 0.246 e. The molecule has 5 heterocycles. The van der Waals surface area contributed by atoms with Crippen LogP contribution in [-0.4, -0.2) is 302 Å². The number of fused-ring (bicyclic) bond motifs is 4. The molecule has 3 aromatic carbocycles. The molecule has 17 amide bonds. The highest BCUT2D eigenvalue weighted by Gasteiger charge is 2.46. The predicted molar refractivity (Wildman–Crippen MR) is 485 cm³/mol. The number of aromatic amines is 2. The third kappa shape index (κ3) is 28.8. The summed E-state index contributed by atoms with van der Waals surface area (Å²) in [5.41, 5.74) is 14.8. The zero-order valence-electron chi connectivity index (χ0n) is 75.5. The summed E-state index contributed by atoms with van der Waals surface area (Å²) < 4.78 is 0. The van der Waals surface area contributed by atoms with E-state index in [0.29, 0.717) is 64.2 Å². The summed E-state index contributed by atoms with van der Waals surface area (Å²) in [5, 5.41) is 52.2. The van der Waals surface area contributed by atoms with Crippen LogP contribution in [-0.2, 0) is 101 Å². The number of phenols is 1. The van der Waals surface area contributed by atoms with Crippen molar-refractivity contribution in [3.63, 3.8) is 0 Å². The first-order chi connectivity index (χ1) is 61.9. The average Bonchev–Trinajstić information content (AvgIpc) is 1.57. The van der Waals surface area contributed by atoms with Crippen molar-refractivity contribution >= 4 is 134 Å². The number of benzene rings is 3. The lowest BCUT2D eigenvalue weighted by Crippen LogP contribution is -2.61. The van der Waals surface area contributed by atoms with Crippen LogP contribution in [0.3, 0.4) is 0 Å². The Balaban J connectivity index is 1.17. The van der Waals surface area contributed by atoms with Crippen molar-refractivity contribution in [3.8, 4) is 5.75 Å². The summed E-state index contributed by atoms with van der Waals surface area (Å²) in [7, 11) is 4.04. The zero-order valence-corrected chi connectivity index (χ0v) is 76.3. The first-order valence-corrected chi connectivity index (χ1v) is 45.4. The number of H-pyrrole nitrogens is 2. The number of nitrogens with one attached hydrogen (secondary N) is 13. The molecule has 14 atom stereocenters. The number of carbonyl (C=O) groups is 17. The average molecular weight is 1830 g/mol. The van der Waals surface area contributed by atoms with Gasteiger partial charge in [-0.2, -0.15) is 0 Å². The molecule has 0 saturated carbocycles. The van der Waals surface area contributed by atoms with E-state index in [4.69, 9.17) is 11.5 Å². The molecule has 5 aromatic rings. The van der Waals surface area contributed by atoms with Gasteiger partial charge in [-0.25, -0.2) is 0 Å². The summed E-state index contributed by atoms with van der Waals surface area (Å²) in [6.45, 7) is 13.3. The standard InChI is InChI=1S/C90H128N20O19S/c1-12-15-26-70-83(122)100-62(35-50(4)5)81(120)105-69(80(119)96-45-75(114)93-33-14-3)48-130-49-77(116)99-65(37-53-29-31-56(111)32-30-53)86(125)106(9)52(8)78(117)102-67(41-74(92)113)88(127)109-34-21-28-71(109)84(123)104-68(42-91)82(121)103-64(36-51(6)7)89(128)110-47-57(112)40-73(110)85(124)101-63(38-54-43-94-60-24-19-17-22-58(54)60)79(118)97-46-76(115)98-66(39-55-44-95-61-25-20-18-23-59(55)61)87(126)108(11)72(27-16-13-2)90(129)107(70)10/h14,17-20,22-25,29-32,43-44,50-52,57,62-73,94-95,111-112H,3,12-13,15-16,21,26-28,33-42,45-49,91H2,1-2,4-11H3,(H2,92,113)(H,93,114)(H,96,119)(H,97,118)(H,98,115)(H,99,116)(H,100,122)(H,101,124)(H,102,117)(H,103,121)(H,104,123)(H,105,120)/t52-,57+,62-,63-,64-,65-,66?,67-,68-,69-,70-,71-,72-,73-/m0/s1. The van der Waals surface area contributed by atoms with Gasteiger partial charge in [-0.3, -0.25) is 81.5 Å². The Kier molecular flexibility index (Phi) is 39.1. The van der Waals surface area contributed by atoms with Crippen molar-refractivity contribution < 1.29 is 91.7 Å². The molecule has 3 fully saturated rings. The van der Waals surface area contributed by atoms with E-state index in [1.165, 1.54) is 68.2 Å². The van der Waals surface area contributed by atoms with Gasteiger partial charge in [0.25, 0.3) is 0 Å². The maximum atomic E-state index is 15.6. The fourth-order valence-corrected chi connectivity index (χ4v) is 17.0. The second kappa shape index (κ2) is 49.4. The predicted octanol–water partition coefficient (Wildman–Crippen LogP) is -0.697. The molecule has 0 aliphatic carbocycles. The molecule has 1 unspecified atom stereocenters. The highest BCUT2D eigenvalue weighted by molar-refractivity contribution is 8.00. The van der Waals surface area contributed by atoms with E-state index in [1.807, 2.05) is 26.0 Å². The summed E-state index contributed by atoms with van der Waals surface area (Å²) in [6, 6.07) is 0.935. The molecule has 3 aliphatic heterocycles. The van der Waals surface area contributed by atoms with Crippen LogP contribution in [0.2, 0.25) is 0 Å². The number of nitrogens with zero attached hydrogens (tertiary/aromatic N) is 5. The number of unbranched alkanes of at least 4 members (excludes halogenated alkanes) is 2. The topological polar surface area (TPSA) is 563 Å². The van der Waals surface area contributed by atoms with Crippen molar-refractivity contribution in [2.75, 3.05) is 71.9 Å². The molecule has 130 heavy (non-hydrogen) atoms. The van der Waals surface area contributed by atoms with Gasteiger partial charge in [0.15, 0.2) is 0 Å². The smallest absolute Gasteiger partial charge is 0.246 e. The second-order valence-corrected chi connectivity index (χ2v) is 35.3. The number of rotatable bonds is 24. The van der Waals surface area contributed by atoms with Crippen molar-refractivity contribution in [1.29, 1.82) is 0 Å². The lowest BCUT2D eigenvalue weighted by Gasteiger charge is -2.36. The van der Waals surface area contributed by atoms with Crippen LogP contribution in [0, 0.1) is 11.8 Å². The Bertz CT molecular complexity index is 4870. The SMILES string of the molecule is C=CCNC(=O)CNC(=O)[C@@H]1CSCC(=O)N[C@@H](Cc2ccc(O)cc2)C(=O)N(C)[C@@H](C)C(=O)N[C@@H](CC(N)=O)C(=O)N2CCC[C@H]2C(=O)N[C@@H](CN)C(=O)N[C@@H](CC(C)C)C(=O)N2C[C@H](O)C[C@H]2C(=O)N[C@@H](Cc2c[nH]c3ccccc23)C(=O)NCC(=O)NC(Cc2c[nH]c3ccccc23)C(=O)N(C)[C@@H](CCCC)C(=O)N(C)[C@@H](CCCC)C(=O)N[C@@H](CC(C)C)C(=O)N1. The molecule has 40 heteroatoms. The van der Waals surface area contributed by atoms with Gasteiger partial charge in [0.1, 0.15) is 84.3 Å². The number of carbonyl (C=O) groups excluding carboxylic acids is 17. The van der Waals surface area contributed by atoms with E-state index in [2.05, 4.69) is 75.0 Å². The van der Waals surface area contributed by atoms with Crippen LogP contribution in [0.4, 0.5) is 0 Å². The summed E-state index contributed by atoms with van der Waals surface area (Å²) in [6.07, 6.45) is 3.75. The molecule has 8 rings (SSSR count). The summed E-state index contributed by atoms with van der Waals surface area (Å²) in [5.74, 6) is -16.3. The lowest BCUT2D eigenvalue weighted by molar-refractivity contribution is -0.149. The first-order valence-electron chi connectivity index (χ1n) is 44.2. The summed E-state index contributed by atoms with van der Waals surface area (Å²) in [4.78, 5) is 260. The number of phenolic OH excluding ortho intramolecular Hbond substituents is 1. The van der Waals surface area contributed by atoms with E-state index < -0.39 is 223 Å². The molecule has 0 bridgehead atoms. The van der Waals surface area contributed by atoms with Crippen molar-refractivity contribution in [2.45, 2.75) is 229 Å². The Morgan fingerprint density at radius 1 is 0.569 bits per heavy atom. The van der Waals surface area contributed by atoms with Crippen molar-refractivity contribution in [2.24, 2.45) is 23.3 Å². The third-order valence-corrected chi connectivity index (χ3v) is 24.4. The number of primary amides is 1. The van der Waals surface area contributed by atoms with Gasteiger partial charge in [-0.1, -0.05) is 122 Å². The largest absolute Gasteiger partial charge is 0.508 e. The minimum absolute atomic E-state index is 0.00194. The van der Waals surface area contributed by atoms with E-state index in [-0.39, 0.29) is 101 Å². The number of amides is 17. The molecule has 19 N–H and O–H groups in total. The Morgan fingerprint density at radius 3 is 1.71 bits per heavy atom. The second-order valence-electron chi connectivity index (χ2n) is 34.2. The Labute approximate surface area is 759 Å². The lowest BCUT2D eigenvalue weighted by atomic mass is 9.99. The number of nitrogens with two attached hydrogens (primary N) is 2. The number of aromatic hydroxyl groups is 1. The minimum atomic E-state index is -1.75. The van der Waals surface area contributed by atoms with Crippen molar-refractivity contribution in [1.82, 2.24) is 93.0 Å². The molecule has 708 valence electrons. The molecule has 0 spiro atoms. The van der Waals surface area contributed by atoms with Gasteiger partial charge in [0.2, 0.25) is 100 Å². The van der Waals surface area contributed by atoms with Crippen LogP contribution in [0.1, 0.15) is 142 Å². The van der Waals surface area contributed by atoms with Crippen LogP contribution in [0.15, 0.2) is 97.8 Å². The number of hydrogen-bond acceptors (Lipinski definition) is 21. The van der Waals surface area contributed by atoms with Gasteiger partial charge in [-0.15, -0.1) is 18.3 Å². The van der Waals surface area contributed by atoms with Crippen LogP contribution in [0.25, 0.3) is 21.8 Å². The van der Waals surface area contributed by atoms with Gasteiger partial charge < -0.3 is 115 Å². The van der Waals surface area contributed by atoms with Crippen LogP contribution >= 0.6 is 11.8 Å². The van der Waals surface area contributed by atoms with Crippen LogP contribution in [0.5, 0.6) is 5.75 Å². The monoisotopic (exact) mass is 1820 g/mol. The van der Waals surface area contributed by atoms with Gasteiger partial charge >= 0.3 is 0 Å². The number of aromatic nitrogens is 2. The molecular weight excluding hydrogens is 1700 g/mol. The van der Waals surface area contributed by atoms with Gasteiger partial charge in [0, 0.05) is 113 Å². The zero-order chi connectivity index (χ0) is 95.3.